The average molecular weight is 506 g/mol. The summed E-state index contributed by atoms with van der Waals surface area (Å²) in [6, 6.07) is 5.87. The molecule has 0 spiro atoms. The van der Waals surface area contributed by atoms with E-state index in [-0.39, 0.29) is 35.6 Å². The molecule has 0 aliphatic heterocycles. The quantitative estimate of drug-likeness (QED) is 0.273. The third-order valence-corrected chi connectivity index (χ3v) is 4.34. The van der Waals surface area contributed by atoms with Crippen LogP contribution in [0.3, 0.4) is 0 Å². The van der Waals surface area contributed by atoms with Crippen LogP contribution in [0.25, 0.3) is 0 Å². The zero-order valence-electron chi connectivity index (χ0n) is 15.9. The molecule has 0 N–H and O–H groups in total. The molecule has 0 saturated heterocycles. The second kappa shape index (κ2) is 10.2. The number of benzene rings is 2. The van der Waals surface area contributed by atoms with Gasteiger partial charge in [-0.1, -0.05) is 0 Å². The molecule has 0 fully saturated rings. The molecule has 12 heteroatoms. The fourth-order valence-corrected chi connectivity index (χ4v) is 2.79. The van der Waals surface area contributed by atoms with Gasteiger partial charge in [-0.05, 0) is 47.1 Å². The fourth-order valence-electron chi connectivity index (χ4n) is 2.33. The summed E-state index contributed by atoms with van der Waals surface area (Å²) >= 11 is 2.97. The summed E-state index contributed by atoms with van der Waals surface area (Å²) in [5, 5.41) is 11.2. The van der Waals surface area contributed by atoms with Gasteiger partial charge in [-0.3, -0.25) is 14.9 Å². The number of hydrogen-bond donors (Lipinski definition) is 0. The topological polar surface area (TPSA) is 105 Å². The molecule has 2 rings (SSSR count). The van der Waals surface area contributed by atoms with Crippen molar-refractivity contribution in [1.82, 2.24) is 0 Å². The van der Waals surface area contributed by atoms with Gasteiger partial charge in [0.25, 0.3) is 5.69 Å². The zero-order valence-corrected chi connectivity index (χ0v) is 17.5. The largest absolute Gasteiger partial charge is 0.466 e. The average Bonchev–Trinajstić information content (AvgIpc) is 2.68. The highest BCUT2D eigenvalue weighted by molar-refractivity contribution is 9.10. The molecular formula is C19H15BrF3NO7. The molecule has 0 atom stereocenters. The van der Waals surface area contributed by atoms with Gasteiger partial charge in [-0.25, -0.2) is 4.79 Å². The number of nitro groups is 1. The molecule has 0 heterocycles. The lowest BCUT2D eigenvalue weighted by atomic mass is 10.1. The molecule has 0 amide bonds. The minimum Gasteiger partial charge on any atom is -0.466 e. The van der Waals surface area contributed by atoms with Gasteiger partial charge in [-0.2, -0.15) is 13.2 Å². The van der Waals surface area contributed by atoms with Crippen LogP contribution in [0.5, 0.6) is 11.5 Å². The van der Waals surface area contributed by atoms with Crippen molar-refractivity contribution in [3.63, 3.8) is 0 Å². The van der Waals surface area contributed by atoms with Crippen LogP contribution in [0.15, 0.2) is 40.9 Å². The molecule has 0 unspecified atom stereocenters. The van der Waals surface area contributed by atoms with Crippen LogP contribution in [0.4, 0.5) is 18.9 Å². The van der Waals surface area contributed by atoms with E-state index in [1.807, 2.05) is 0 Å². The van der Waals surface area contributed by atoms with Gasteiger partial charge in [0.05, 0.1) is 28.0 Å². The zero-order chi connectivity index (χ0) is 23.2. The van der Waals surface area contributed by atoms with Gasteiger partial charge in [-0.15, -0.1) is 0 Å². The number of hydrogen-bond acceptors (Lipinski definition) is 7. The van der Waals surface area contributed by atoms with E-state index < -0.39 is 39.9 Å². The van der Waals surface area contributed by atoms with E-state index in [1.54, 1.807) is 6.92 Å². The number of carbonyl (C=O) groups is 2. The van der Waals surface area contributed by atoms with Crippen LogP contribution < -0.4 is 4.74 Å². The Morgan fingerprint density at radius 2 is 1.84 bits per heavy atom. The lowest BCUT2D eigenvalue weighted by Crippen LogP contribution is -2.13. The molecule has 0 aliphatic rings. The third kappa shape index (κ3) is 6.67. The fraction of sp³-hybridized carbons (Fsp3) is 0.263. The number of rotatable bonds is 8. The second-order valence-electron chi connectivity index (χ2n) is 5.87. The first-order chi connectivity index (χ1) is 14.5. The Balaban J connectivity index is 2.22. The molecule has 166 valence electrons. The van der Waals surface area contributed by atoms with Gasteiger partial charge >= 0.3 is 18.1 Å². The second-order valence-corrected chi connectivity index (χ2v) is 6.73. The van der Waals surface area contributed by atoms with E-state index >= 15 is 0 Å². The van der Waals surface area contributed by atoms with E-state index in [9.17, 15) is 32.9 Å². The first-order valence-electron chi connectivity index (χ1n) is 8.68. The van der Waals surface area contributed by atoms with Gasteiger partial charge in [0, 0.05) is 12.1 Å². The summed E-state index contributed by atoms with van der Waals surface area (Å²) < 4.78 is 53.3. The van der Waals surface area contributed by atoms with Crippen LogP contribution in [0.1, 0.15) is 29.3 Å². The number of nitrogens with zero attached hydrogens (tertiary/aromatic N) is 1. The Bertz CT molecular complexity index is 995. The van der Waals surface area contributed by atoms with Crippen molar-refractivity contribution in [2.24, 2.45) is 0 Å². The molecule has 8 nitrogen and oxygen atoms in total. The number of ether oxygens (including phenoxy) is 3. The van der Waals surface area contributed by atoms with Gasteiger partial charge in [0.1, 0.15) is 23.7 Å². The summed E-state index contributed by atoms with van der Waals surface area (Å²) in [6.45, 7) is 1.40. The molecule has 2 aromatic carbocycles. The number of esters is 2. The number of alkyl halides is 3. The van der Waals surface area contributed by atoms with Gasteiger partial charge in [0.2, 0.25) is 0 Å². The Morgan fingerprint density at radius 3 is 2.42 bits per heavy atom. The molecule has 0 aliphatic carbocycles. The number of nitro benzene ring substituents is 1. The normalized spacial score (nSPS) is 11.0. The molecule has 31 heavy (non-hydrogen) atoms. The van der Waals surface area contributed by atoms with Crippen molar-refractivity contribution in [2.45, 2.75) is 19.5 Å². The van der Waals surface area contributed by atoms with Crippen molar-refractivity contribution in [3.8, 4) is 11.5 Å². The Labute approximate surface area is 182 Å². The molecular weight excluding hydrogens is 491 g/mol. The van der Waals surface area contributed by atoms with Crippen LogP contribution in [0, 0.1) is 10.1 Å². The standard InChI is InChI=1S/C19H15BrF3NO7/c1-2-29-17(25)7-8-30-18(26)13-10-12(4-5-15(13)24(27)28)31-16-6-3-11(9-14(16)20)19(21,22)23/h3-6,9-10H,2,7-8H2,1H3. The first-order valence-corrected chi connectivity index (χ1v) is 9.48. The van der Waals surface area contributed by atoms with E-state index in [0.29, 0.717) is 0 Å². The molecule has 0 saturated carbocycles. The summed E-state index contributed by atoms with van der Waals surface area (Å²) in [7, 11) is 0. The summed E-state index contributed by atoms with van der Waals surface area (Å²) in [5.74, 6) is -1.74. The van der Waals surface area contributed by atoms with Gasteiger partial charge < -0.3 is 14.2 Å². The maximum absolute atomic E-state index is 12.8. The summed E-state index contributed by atoms with van der Waals surface area (Å²) in [5.41, 5.74) is -1.92. The monoisotopic (exact) mass is 505 g/mol. The lowest BCUT2D eigenvalue weighted by Gasteiger charge is -2.12. The lowest BCUT2D eigenvalue weighted by molar-refractivity contribution is -0.385. The predicted octanol–water partition coefficient (Wildman–Crippen LogP) is 5.28. The van der Waals surface area contributed by atoms with Crippen molar-refractivity contribution in [1.29, 1.82) is 0 Å². The van der Waals surface area contributed by atoms with Crippen LogP contribution in [-0.4, -0.2) is 30.1 Å². The van der Waals surface area contributed by atoms with E-state index in [0.717, 1.165) is 30.3 Å². The Morgan fingerprint density at radius 1 is 1.13 bits per heavy atom. The van der Waals surface area contributed by atoms with Crippen molar-refractivity contribution < 1.29 is 41.9 Å². The third-order valence-electron chi connectivity index (χ3n) is 3.72. The van der Waals surface area contributed by atoms with Crippen molar-refractivity contribution >= 4 is 33.6 Å². The van der Waals surface area contributed by atoms with E-state index in [4.69, 9.17) is 9.47 Å². The number of halogens is 4. The minimum absolute atomic E-state index is 0.0107. The molecule has 2 aromatic rings. The first kappa shape index (κ1) is 24.1. The van der Waals surface area contributed by atoms with E-state index in [1.165, 1.54) is 6.07 Å². The molecule has 0 aromatic heterocycles. The molecule has 0 radical (unpaired) electrons. The maximum atomic E-state index is 12.8. The SMILES string of the molecule is CCOC(=O)CCOC(=O)c1cc(Oc2ccc(C(F)(F)F)cc2Br)ccc1[N+](=O)[O-]. The minimum atomic E-state index is -4.55. The smallest absolute Gasteiger partial charge is 0.416 e. The van der Waals surface area contributed by atoms with E-state index in [2.05, 4.69) is 20.7 Å². The highest BCUT2D eigenvalue weighted by Crippen LogP contribution is 2.37. The van der Waals surface area contributed by atoms with Crippen LogP contribution >= 0.6 is 15.9 Å². The highest BCUT2D eigenvalue weighted by atomic mass is 79.9. The van der Waals surface area contributed by atoms with Crippen LogP contribution in [-0.2, 0) is 20.4 Å². The summed E-state index contributed by atoms with van der Waals surface area (Å²) in [4.78, 5) is 34.0. The van der Waals surface area contributed by atoms with Crippen molar-refractivity contribution in [2.75, 3.05) is 13.2 Å². The highest BCUT2D eigenvalue weighted by Gasteiger charge is 2.31. The summed E-state index contributed by atoms with van der Waals surface area (Å²) in [6.07, 6.45) is -4.78. The van der Waals surface area contributed by atoms with Crippen molar-refractivity contribution in [3.05, 3.63) is 62.1 Å². The number of carbonyl (C=O) groups excluding carboxylic acids is 2. The Hall–Kier alpha value is -3.15. The van der Waals surface area contributed by atoms with Crippen LogP contribution in [0.2, 0.25) is 0 Å². The Kier molecular flexibility index (Phi) is 7.97. The van der Waals surface area contributed by atoms with Gasteiger partial charge in [0.15, 0.2) is 0 Å². The predicted molar refractivity (Wildman–Crippen MR) is 104 cm³/mol. The molecule has 0 bridgehead atoms. The maximum Gasteiger partial charge on any atom is 0.416 e.